The van der Waals surface area contributed by atoms with Crippen LogP contribution in [-0.4, -0.2) is 39.8 Å². The van der Waals surface area contributed by atoms with E-state index in [1.54, 1.807) is 17.5 Å². The smallest absolute Gasteiger partial charge is 0.271 e. The van der Waals surface area contributed by atoms with E-state index in [9.17, 15) is 19.7 Å². The van der Waals surface area contributed by atoms with Crippen molar-refractivity contribution in [2.75, 3.05) is 19.0 Å². The second-order valence-corrected chi connectivity index (χ2v) is 7.23. The minimum Gasteiger partial charge on any atom is -0.495 e. The monoisotopic (exact) mass is 439 g/mol. The molecule has 0 unspecified atom stereocenters. The maximum atomic E-state index is 12.5. The maximum absolute atomic E-state index is 12.5. The van der Waals surface area contributed by atoms with Gasteiger partial charge in [-0.15, -0.1) is 0 Å². The summed E-state index contributed by atoms with van der Waals surface area (Å²) < 4.78 is 6.90. The van der Waals surface area contributed by atoms with E-state index in [-0.39, 0.29) is 29.6 Å². The SMILES string of the molecule is COc1ccc([N+](=O)[O-])cc1NC(=O)CCCCCNC(=O)c1c(C)nc2ccccn12. The fraction of sp³-hybridized carbons (Fsp3) is 0.318. The summed E-state index contributed by atoms with van der Waals surface area (Å²) in [6.45, 7) is 2.29. The molecule has 0 aliphatic heterocycles. The number of aryl methyl sites for hydroxylation is 1. The minimum absolute atomic E-state index is 0.127. The molecule has 2 N–H and O–H groups in total. The number of hydrogen-bond donors (Lipinski definition) is 2. The van der Waals surface area contributed by atoms with Crippen LogP contribution in [0.1, 0.15) is 41.9 Å². The number of nitro benzene ring substituents is 1. The first-order chi connectivity index (χ1) is 15.4. The first-order valence-corrected chi connectivity index (χ1v) is 10.2. The van der Waals surface area contributed by atoms with Crippen LogP contribution in [0.15, 0.2) is 42.6 Å². The Hall–Kier alpha value is -3.95. The maximum Gasteiger partial charge on any atom is 0.271 e. The van der Waals surface area contributed by atoms with E-state index in [1.165, 1.54) is 25.3 Å². The molecule has 0 bridgehead atoms. The quantitative estimate of drug-likeness (QED) is 0.283. The highest BCUT2D eigenvalue weighted by Gasteiger charge is 2.16. The Labute approximate surface area is 184 Å². The number of carbonyl (C=O) groups is 2. The molecule has 0 aliphatic carbocycles. The van der Waals surface area contributed by atoms with Gasteiger partial charge in [0.2, 0.25) is 5.91 Å². The lowest BCUT2D eigenvalue weighted by atomic mass is 10.1. The number of carbonyl (C=O) groups excluding carboxylic acids is 2. The Morgan fingerprint density at radius 1 is 1.19 bits per heavy atom. The molecule has 0 aliphatic rings. The van der Waals surface area contributed by atoms with Gasteiger partial charge in [0.05, 0.1) is 23.4 Å². The fourth-order valence-corrected chi connectivity index (χ4v) is 3.38. The van der Waals surface area contributed by atoms with E-state index < -0.39 is 4.92 Å². The van der Waals surface area contributed by atoms with Gasteiger partial charge in [0.25, 0.3) is 11.6 Å². The van der Waals surface area contributed by atoms with Gasteiger partial charge in [-0.25, -0.2) is 4.98 Å². The zero-order valence-corrected chi connectivity index (χ0v) is 18.0. The molecule has 10 nitrogen and oxygen atoms in total. The van der Waals surface area contributed by atoms with Crippen LogP contribution in [0.4, 0.5) is 11.4 Å². The van der Waals surface area contributed by atoms with Gasteiger partial charge < -0.3 is 15.4 Å². The molecule has 2 amide bonds. The number of hydrogen-bond acceptors (Lipinski definition) is 6. The molecule has 3 rings (SSSR count). The molecule has 3 aromatic rings. The third-order valence-electron chi connectivity index (χ3n) is 4.95. The van der Waals surface area contributed by atoms with Gasteiger partial charge in [0.15, 0.2) is 0 Å². The van der Waals surface area contributed by atoms with Crippen LogP contribution in [0.25, 0.3) is 5.65 Å². The van der Waals surface area contributed by atoms with Gasteiger partial charge in [-0.05, 0) is 38.0 Å². The molecule has 168 valence electrons. The molecule has 0 spiro atoms. The second-order valence-electron chi connectivity index (χ2n) is 7.23. The van der Waals surface area contributed by atoms with Crippen molar-refractivity contribution in [3.63, 3.8) is 0 Å². The predicted octanol–water partition coefficient (Wildman–Crippen LogP) is 3.49. The number of pyridine rings is 1. The van der Waals surface area contributed by atoms with Gasteiger partial charge in [-0.2, -0.15) is 0 Å². The van der Waals surface area contributed by atoms with Crippen molar-refractivity contribution >= 4 is 28.8 Å². The first-order valence-electron chi connectivity index (χ1n) is 10.2. The highest BCUT2D eigenvalue weighted by atomic mass is 16.6. The summed E-state index contributed by atoms with van der Waals surface area (Å²) in [5, 5.41) is 16.5. The van der Waals surface area contributed by atoms with Crippen LogP contribution in [0, 0.1) is 17.0 Å². The number of nitrogens with one attached hydrogen (secondary N) is 2. The largest absolute Gasteiger partial charge is 0.495 e. The van der Waals surface area contributed by atoms with E-state index in [1.807, 2.05) is 18.2 Å². The van der Waals surface area contributed by atoms with Gasteiger partial charge in [0.1, 0.15) is 17.1 Å². The summed E-state index contributed by atoms with van der Waals surface area (Å²) in [5.41, 5.74) is 2.05. The summed E-state index contributed by atoms with van der Waals surface area (Å²) in [6.07, 6.45) is 4.14. The Morgan fingerprint density at radius 2 is 2.00 bits per heavy atom. The number of non-ortho nitro benzene ring substituents is 1. The number of benzene rings is 1. The number of nitrogens with zero attached hydrogens (tertiary/aromatic N) is 3. The van der Waals surface area contributed by atoms with Crippen molar-refractivity contribution in [2.45, 2.75) is 32.6 Å². The third-order valence-corrected chi connectivity index (χ3v) is 4.95. The normalized spacial score (nSPS) is 10.7. The van der Waals surface area contributed by atoms with Crippen molar-refractivity contribution in [3.8, 4) is 5.75 Å². The van der Waals surface area contributed by atoms with Crippen LogP contribution >= 0.6 is 0 Å². The van der Waals surface area contributed by atoms with Crippen molar-refractivity contribution in [1.82, 2.24) is 14.7 Å². The molecule has 0 fully saturated rings. The number of amides is 2. The van der Waals surface area contributed by atoms with E-state index >= 15 is 0 Å². The molecular formula is C22H25N5O5. The summed E-state index contributed by atoms with van der Waals surface area (Å²) in [6, 6.07) is 9.60. The topological polar surface area (TPSA) is 128 Å². The Balaban J connectivity index is 1.42. The Kier molecular flexibility index (Phi) is 7.37. The number of imidazole rings is 1. The van der Waals surface area contributed by atoms with Crippen molar-refractivity contribution in [1.29, 1.82) is 0 Å². The average molecular weight is 439 g/mol. The van der Waals surface area contributed by atoms with Gasteiger partial charge in [0, 0.05) is 31.3 Å². The number of methoxy groups -OCH3 is 1. The van der Waals surface area contributed by atoms with Gasteiger partial charge in [-0.3, -0.25) is 24.1 Å². The zero-order chi connectivity index (χ0) is 23.1. The lowest BCUT2D eigenvalue weighted by Gasteiger charge is -2.10. The molecule has 0 radical (unpaired) electrons. The number of aromatic nitrogens is 2. The number of rotatable bonds is 10. The molecule has 10 heteroatoms. The highest BCUT2D eigenvalue weighted by Crippen LogP contribution is 2.29. The number of nitro groups is 1. The second kappa shape index (κ2) is 10.4. The lowest BCUT2D eigenvalue weighted by Crippen LogP contribution is -2.26. The lowest BCUT2D eigenvalue weighted by molar-refractivity contribution is -0.384. The molecular weight excluding hydrogens is 414 g/mol. The number of ether oxygens (including phenoxy) is 1. The van der Waals surface area contributed by atoms with Crippen molar-refractivity contribution in [3.05, 3.63) is 64.1 Å². The summed E-state index contributed by atoms with van der Waals surface area (Å²) in [7, 11) is 1.43. The van der Waals surface area contributed by atoms with Crippen LogP contribution in [0.3, 0.4) is 0 Å². The Bertz CT molecular complexity index is 1140. The first kappa shape index (κ1) is 22.7. The van der Waals surface area contributed by atoms with Crippen LogP contribution in [-0.2, 0) is 4.79 Å². The van der Waals surface area contributed by atoms with Crippen molar-refractivity contribution < 1.29 is 19.2 Å². The predicted molar refractivity (Wildman–Crippen MR) is 119 cm³/mol. The van der Waals surface area contributed by atoms with E-state index in [4.69, 9.17) is 4.74 Å². The minimum atomic E-state index is -0.530. The van der Waals surface area contributed by atoms with Crippen LogP contribution in [0.2, 0.25) is 0 Å². The van der Waals surface area contributed by atoms with E-state index in [0.717, 1.165) is 18.5 Å². The molecule has 32 heavy (non-hydrogen) atoms. The fourth-order valence-electron chi connectivity index (χ4n) is 3.38. The molecule has 1 aromatic carbocycles. The number of anilines is 1. The zero-order valence-electron chi connectivity index (χ0n) is 18.0. The average Bonchev–Trinajstić information content (AvgIpc) is 3.11. The highest BCUT2D eigenvalue weighted by molar-refractivity contribution is 5.94. The summed E-state index contributed by atoms with van der Waals surface area (Å²) >= 11 is 0. The third kappa shape index (κ3) is 5.39. The molecule has 2 aromatic heterocycles. The summed E-state index contributed by atoms with van der Waals surface area (Å²) in [5.74, 6) is -0.0831. The number of unbranched alkanes of at least 4 members (excludes halogenated alkanes) is 2. The van der Waals surface area contributed by atoms with E-state index in [2.05, 4.69) is 15.6 Å². The number of fused-ring (bicyclic) bond motifs is 1. The van der Waals surface area contributed by atoms with Crippen LogP contribution in [0.5, 0.6) is 5.75 Å². The van der Waals surface area contributed by atoms with Gasteiger partial charge >= 0.3 is 0 Å². The molecule has 0 atom stereocenters. The van der Waals surface area contributed by atoms with Gasteiger partial charge in [-0.1, -0.05) is 12.5 Å². The summed E-state index contributed by atoms with van der Waals surface area (Å²) in [4.78, 5) is 39.5. The molecule has 2 heterocycles. The molecule has 0 saturated heterocycles. The van der Waals surface area contributed by atoms with E-state index in [0.29, 0.717) is 30.1 Å². The standard InChI is InChI=1S/C22H25N5O5/c1-15-21(26-13-7-5-8-19(26)24-15)22(29)23-12-6-3-4-9-20(28)25-17-14-16(27(30)31)10-11-18(17)32-2/h5,7-8,10-11,13-14H,3-4,6,9,12H2,1-2H3,(H,23,29)(H,25,28). The molecule has 0 saturated carbocycles. The van der Waals surface area contributed by atoms with Crippen molar-refractivity contribution in [2.24, 2.45) is 0 Å². The van der Waals surface area contributed by atoms with Crippen LogP contribution < -0.4 is 15.4 Å². The Morgan fingerprint density at radius 3 is 2.75 bits per heavy atom.